The molecule has 0 aliphatic carbocycles. The van der Waals surface area contributed by atoms with E-state index in [1.807, 2.05) is 6.92 Å². The summed E-state index contributed by atoms with van der Waals surface area (Å²) in [5.41, 5.74) is 1.20. The molecular formula is C16H14F3N3O3. The molecule has 3 rings (SSSR count). The summed E-state index contributed by atoms with van der Waals surface area (Å²) in [7, 11) is 0. The number of cyclic esters (lactones) is 1. The van der Waals surface area contributed by atoms with E-state index in [2.05, 4.69) is 14.7 Å². The summed E-state index contributed by atoms with van der Waals surface area (Å²) in [4.78, 5) is 21.5. The van der Waals surface area contributed by atoms with Crippen LogP contribution in [0, 0.1) is 5.82 Å². The average Bonchev–Trinajstić information content (AvgIpc) is 2.89. The van der Waals surface area contributed by atoms with E-state index in [4.69, 9.17) is 4.74 Å². The Morgan fingerprint density at radius 1 is 1.40 bits per heavy atom. The molecule has 1 atom stereocenters. The van der Waals surface area contributed by atoms with Crippen molar-refractivity contribution in [1.82, 2.24) is 14.9 Å². The van der Waals surface area contributed by atoms with Crippen LogP contribution in [0.25, 0.3) is 11.3 Å². The minimum Gasteiger partial charge on any atom is -0.447 e. The third kappa shape index (κ3) is 3.81. The average molecular weight is 353 g/mol. The van der Waals surface area contributed by atoms with Crippen LogP contribution >= 0.6 is 0 Å². The van der Waals surface area contributed by atoms with E-state index in [-0.39, 0.29) is 12.6 Å². The van der Waals surface area contributed by atoms with Gasteiger partial charge < -0.3 is 9.47 Å². The molecule has 0 bridgehead atoms. The number of carbonyl (C=O) groups excluding carboxylic acids is 1. The summed E-state index contributed by atoms with van der Waals surface area (Å²) in [5.74, 6) is -1.47. The molecule has 2 aromatic rings. The minimum absolute atomic E-state index is 0.0881. The molecule has 9 heteroatoms. The number of alkyl halides is 2. The van der Waals surface area contributed by atoms with E-state index in [9.17, 15) is 18.0 Å². The number of halogens is 3. The van der Waals surface area contributed by atoms with Gasteiger partial charge in [-0.25, -0.2) is 14.2 Å². The van der Waals surface area contributed by atoms with Gasteiger partial charge in [-0.2, -0.15) is 8.78 Å². The van der Waals surface area contributed by atoms with Gasteiger partial charge in [0.05, 0.1) is 36.4 Å². The number of ether oxygens (including phenoxy) is 2. The van der Waals surface area contributed by atoms with Gasteiger partial charge in [0.1, 0.15) is 6.61 Å². The van der Waals surface area contributed by atoms with E-state index >= 15 is 0 Å². The standard InChI is InChI=1S/C16H14F3N3O3/c1-9-8-24-16(23)22(9)7-11-5-20-6-13(21-11)10-2-3-12(17)14(4-10)25-15(18)19/h2-6,9,15H,7-8H2,1H3/t9-/m0/s1. The second-order valence-electron chi connectivity index (χ2n) is 5.47. The van der Waals surface area contributed by atoms with Gasteiger partial charge in [0.25, 0.3) is 0 Å². The Kier molecular flexibility index (Phi) is 4.73. The lowest BCUT2D eigenvalue weighted by Crippen LogP contribution is -2.30. The van der Waals surface area contributed by atoms with Crippen molar-refractivity contribution in [2.24, 2.45) is 0 Å². The number of rotatable bonds is 5. The van der Waals surface area contributed by atoms with E-state index in [1.165, 1.54) is 23.4 Å². The maximum Gasteiger partial charge on any atom is 0.410 e. The van der Waals surface area contributed by atoms with E-state index in [0.717, 1.165) is 12.1 Å². The van der Waals surface area contributed by atoms with Crippen molar-refractivity contribution in [1.29, 1.82) is 0 Å². The Labute approximate surface area is 141 Å². The summed E-state index contributed by atoms with van der Waals surface area (Å²) < 4.78 is 47.3. The van der Waals surface area contributed by atoms with Crippen molar-refractivity contribution >= 4 is 6.09 Å². The van der Waals surface area contributed by atoms with Crippen LogP contribution in [-0.2, 0) is 11.3 Å². The molecule has 132 valence electrons. The molecule has 0 radical (unpaired) electrons. The van der Waals surface area contributed by atoms with Gasteiger partial charge in [0.2, 0.25) is 0 Å². The third-order valence-corrected chi connectivity index (χ3v) is 3.67. The molecule has 1 aromatic heterocycles. The predicted octanol–water partition coefficient (Wildman–Crippen LogP) is 3.22. The quantitative estimate of drug-likeness (QED) is 0.826. The van der Waals surface area contributed by atoms with Crippen LogP contribution in [0.1, 0.15) is 12.6 Å². The van der Waals surface area contributed by atoms with Gasteiger partial charge in [0, 0.05) is 5.56 Å². The Hall–Kier alpha value is -2.84. The second kappa shape index (κ2) is 6.96. The van der Waals surface area contributed by atoms with Crippen molar-refractivity contribution in [3.05, 3.63) is 42.1 Å². The fourth-order valence-corrected chi connectivity index (χ4v) is 2.41. The fraction of sp³-hybridized carbons (Fsp3) is 0.312. The van der Waals surface area contributed by atoms with Crippen LogP contribution in [0.15, 0.2) is 30.6 Å². The van der Waals surface area contributed by atoms with E-state index in [0.29, 0.717) is 23.6 Å². The highest BCUT2D eigenvalue weighted by atomic mass is 19.3. The van der Waals surface area contributed by atoms with Crippen LogP contribution in [0.2, 0.25) is 0 Å². The summed E-state index contributed by atoms with van der Waals surface area (Å²) in [6.45, 7) is -0.790. The molecule has 1 aromatic carbocycles. The van der Waals surface area contributed by atoms with Gasteiger partial charge in [-0.3, -0.25) is 9.88 Å². The SMILES string of the molecule is C[C@H]1COC(=O)N1Cc1cncc(-c2ccc(F)c(OC(F)F)c2)n1. The number of benzene rings is 1. The Balaban J connectivity index is 1.85. The molecule has 1 aliphatic heterocycles. The van der Waals surface area contributed by atoms with Crippen molar-refractivity contribution < 1.29 is 27.4 Å². The summed E-state index contributed by atoms with van der Waals surface area (Å²) in [6, 6.07) is 3.44. The molecule has 1 saturated heterocycles. The number of hydrogen-bond donors (Lipinski definition) is 0. The normalized spacial score (nSPS) is 17.1. The van der Waals surface area contributed by atoms with Gasteiger partial charge in [-0.15, -0.1) is 0 Å². The number of amides is 1. The molecule has 6 nitrogen and oxygen atoms in total. The molecular weight excluding hydrogens is 339 g/mol. The molecule has 1 aliphatic rings. The highest BCUT2D eigenvalue weighted by Gasteiger charge is 2.29. The van der Waals surface area contributed by atoms with Crippen LogP contribution in [0.3, 0.4) is 0 Å². The maximum atomic E-state index is 13.5. The fourth-order valence-electron chi connectivity index (χ4n) is 2.41. The number of nitrogens with zero attached hydrogens (tertiary/aromatic N) is 3. The minimum atomic E-state index is -3.13. The van der Waals surface area contributed by atoms with Crippen LogP contribution < -0.4 is 4.74 Å². The van der Waals surface area contributed by atoms with E-state index < -0.39 is 24.3 Å². The zero-order chi connectivity index (χ0) is 18.0. The lowest BCUT2D eigenvalue weighted by molar-refractivity contribution is -0.0521. The van der Waals surface area contributed by atoms with Crippen molar-refractivity contribution in [2.45, 2.75) is 26.1 Å². The first-order valence-corrected chi connectivity index (χ1v) is 7.43. The molecule has 0 N–H and O–H groups in total. The van der Waals surface area contributed by atoms with Gasteiger partial charge in [-0.1, -0.05) is 0 Å². The van der Waals surface area contributed by atoms with Gasteiger partial charge in [-0.05, 0) is 25.1 Å². The Morgan fingerprint density at radius 2 is 2.20 bits per heavy atom. The highest BCUT2D eigenvalue weighted by Crippen LogP contribution is 2.26. The first kappa shape index (κ1) is 17.0. The maximum absolute atomic E-state index is 13.5. The topological polar surface area (TPSA) is 64.5 Å². The second-order valence-corrected chi connectivity index (χ2v) is 5.47. The molecule has 2 heterocycles. The monoisotopic (exact) mass is 353 g/mol. The van der Waals surface area contributed by atoms with Crippen molar-refractivity contribution in [3.63, 3.8) is 0 Å². The molecule has 0 spiro atoms. The molecule has 1 amide bonds. The lowest BCUT2D eigenvalue weighted by Gasteiger charge is -2.17. The smallest absolute Gasteiger partial charge is 0.410 e. The van der Waals surface area contributed by atoms with E-state index in [1.54, 1.807) is 0 Å². The Morgan fingerprint density at radius 3 is 2.88 bits per heavy atom. The van der Waals surface area contributed by atoms with Crippen molar-refractivity contribution in [2.75, 3.05) is 6.61 Å². The molecule has 1 fully saturated rings. The first-order valence-electron chi connectivity index (χ1n) is 7.43. The molecule has 0 unspecified atom stereocenters. The zero-order valence-electron chi connectivity index (χ0n) is 13.2. The molecule has 25 heavy (non-hydrogen) atoms. The predicted molar refractivity (Wildman–Crippen MR) is 80.4 cm³/mol. The largest absolute Gasteiger partial charge is 0.447 e. The summed E-state index contributed by atoms with van der Waals surface area (Å²) in [5, 5.41) is 0. The lowest BCUT2D eigenvalue weighted by atomic mass is 10.1. The number of aromatic nitrogens is 2. The number of carbonyl (C=O) groups is 1. The van der Waals surface area contributed by atoms with Crippen molar-refractivity contribution in [3.8, 4) is 17.0 Å². The van der Waals surface area contributed by atoms with Crippen LogP contribution in [0.4, 0.5) is 18.0 Å². The summed E-state index contributed by atoms with van der Waals surface area (Å²) in [6.07, 6.45) is 2.46. The Bertz CT molecular complexity index is 788. The third-order valence-electron chi connectivity index (χ3n) is 3.67. The van der Waals surface area contributed by atoms with Crippen LogP contribution in [-0.4, -0.2) is 40.2 Å². The first-order chi connectivity index (χ1) is 11.9. The highest BCUT2D eigenvalue weighted by molar-refractivity contribution is 5.70. The molecule has 0 saturated carbocycles. The zero-order valence-corrected chi connectivity index (χ0v) is 13.2. The number of hydrogen-bond acceptors (Lipinski definition) is 5. The van der Waals surface area contributed by atoms with Gasteiger partial charge in [0.15, 0.2) is 11.6 Å². The van der Waals surface area contributed by atoms with Gasteiger partial charge >= 0.3 is 12.7 Å². The van der Waals surface area contributed by atoms with Crippen LogP contribution in [0.5, 0.6) is 5.75 Å². The summed E-state index contributed by atoms with van der Waals surface area (Å²) >= 11 is 0.